The SMILES string of the molecule is CSCCN(C)c1ccc(N)cc1Br. The quantitative estimate of drug-likeness (QED) is 0.857. The van der Waals surface area contributed by atoms with Gasteiger partial charge in [0, 0.05) is 29.5 Å². The van der Waals surface area contributed by atoms with E-state index in [1.165, 1.54) is 5.69 Å². The third-order valence-corrected chi connectivity index (χ3v) is 3.24. The Hall–Kier alpha value is -0.350. The number of thioether (sulfide) groups is 1. The molecule has 0 radical (unpaired) electrons. The average Bonchev–Trinajstić information content (AvgIpc) is 2.14. The monoisotopic (exact) mass is 274 g/mol. The predicted octanol–water partition coefficient (Wildman–Crippen LogP) is 2.83. The lowest BCUT2D eigenvalue weighted by Gasteiger charge is -2.20. The standard InChI is InChI=1S/C10H15BrN2S/c1-13(5-6-14-2)10-4-3-8(12)7-9(10)11/h3-4,7H,5-6,12H2,1-2H3. The molecule has 0 aliphatic heterocycles. The molecular weight excluding hydrogens is 260 g/mol. The zero-order chi connectivity index (χ0) is 10.6. The van der Waals surface area contributed by atoms with Crippen LogP contribution in [-0.2, 0) is 0 Å². The van der Waals surface area contributed by atoms with Crippen molar-refractivity contribution in [3.05, 3.63) is 22.7 Å². The first kappa shape index (κ1) is 11.7. The van der Waals surface area contributed by atoms with Crippen molar-refractivity contribution in [1.82, 2.24) is 0 Å². The van der Waals surface area contributed by atoms with E-state index in [1.54, 1.807) is 0 Å². The Labute approximate surface area is 98.0 Å². The van der Waals surface area contributed by atoms with Gasteiger partial charge in [-0.25, -0.2) is 0 Å². The number of halogens is 1. The highest BCUT2D eigenvalue weighted by molar-refractivity contribution is 9.10. The van der Waals surface area contributed by atoms with Crippen molar-refractivity contribution in [2.75, 3.05) is 36.2 Å². The normalized spacial score (nSPS) is 10.2. The molecule has 1 aromatic rings. The lowest BCUT2D eigenvalue weighted by Crippen LogP contribution is -2.20. The second kappa shape index (κ2) is 5.51. The molecule has 0 amide bonds. The zero-order valence-electron chi connectivity index (χ0n) is 8.46. The lowest BCUT2D eigenvalue weighted by atomic mass is 10.2. The Bertz CT molecular complexity index is 304. The number of anilines is 2. The molecule has 0 saturated heterocycles. The number of hydrogen-bond donors (Lipinski definition) is 1. The summed E-state index contributed by atoms with van der Waals surface area (Å²) in [5.74, 6) is 1.13. The Morgan fingerprint density at radius 1 is 1.50 bits per heavy atom. The van der Waals surface area contributed by atoms with E-state index in [9.17, 15) is 0 Å². The number of rotatable bonds is 4. The van der Waals surface area contributed by atoms with Crippen molar-refractivity contribution in [1.29, 1.82) is 0 Å². The van der Waals surface area contributed by atoms with Gasteiger partial charge in [-0.15, -0.1) is 0 Å². The van der Waals surface area contributed by atoms with Gasteiger partial charge in [-0.05, 0) is 40.4 Å². The van der Waals surface area contributed by atoms with Crippen LogP contribution in [0.3, 0.4) is 0 Å². The fourth-order valence-electron chi connectivity index (χ4n) is 1.18. The van der Waals surface area contributed by atoms with Crippen molar-refractivity contribution in [3.8, 4) is 0 Å². The topological polar surface area (TPSA) is 29.3 Å². The molecule has 2 N–H and O–H groups in total. The first-order chi connectivity index (χ1) is 6.65. The zero-order valence-corrected chi connectivity index (χ0v) is 10.9. The fourth-order valence-corrected chi connectivity index (χ4v) is 2.34. The minimum Gasteiger partial charge on any atom is -0.399 e. The minimum absolute atomic E-state index is 0.791. The van der Waals surface area contributed by atoms with Crippen molar-refractivity contribution in [3.63, 3.8) is 0 Å². The third-order valence-electron chi connectivity index (χ3n) is 2.01. The van der Waals surface area contributed by atoms with Crippen molar-refractivity contribution in [2.45, 2.75) is 0 Å². The molecule has 0 fully saturated rings. The van der Waals surface area contributed by atoms with Crippen LogP contribution in [0.4, 0.5) is 11.4 Å². The van der Waals surface area contributed by atoms with E-state index in [0.717, 1.165) is 22.5 Å². The van der Waals surface area contributed by atoms with E-state index >= 15 is 0 Å². The number of nitrogens with zero attached hydrogens (tertiary/aromatic N) is 1. The van der Waals surface area contributed by atoms with Gasteiger partial charge < -0.3 is 10.6 Å². The molecule has 78 valence electrons. The lowest BCUT2D eigenvalue weighted by molar-refractivity contribution is 0.975. The molecule has 0 aliphatic carbocycles. The Morgan fingerprint density at radius 3 is 2.79 bits per heavy atom. The molecule has 0 bridgehead atoms. The summed E-state index contributed by atoms with van der Waals surface area (Å²) >= 11 is 5.36. The fraction of sp³-hybridized carbons (Fsp3) is 0.400. The summed E-state index contributed by atoms with van der Waals surface area (Å²) in [7, 11) is 2.09. The Morgan fingerprint density at radius 2 is 2.21 bits per heavy atom. The van der Waals surface area contributed by atoms with E-state index in [2.05, 4.69) is 34.1 Å². The summed E-state index contributed by atoms with van der Waals surface area (Å²) in [6.07, 6.45) is 2.12. The van der Waals surface area contributed by atoms with Gasteiger partial charge >= 0.3 is 0 Å². The summed E-state index contributed by atoms with van der Waals surface area (Å²) < 4.78 is 1.06. The van der Waals surface area contributed by atoms with E-state index in [-0.39, 0.29) is 0 Å². The second-order valence-electron chi connectivity index (χ2n) is 3.13. The van der Waals surface area contributed by atoms with Gasteiger partial charge in [-0.2, -0.15) is 11.8 Å². The highest BCUT2D eigenvalue weighted by Gasteiger charge is 2.04. The predicted molar refractivity (Wildman–Crippen MR) is 70.2 cm³/mol. The molecule has 14 heavy (non-hydrogen) atoms. The molecule has 2 nitrogen and oxygen atoms in total. The molecule has 0 heterocycles. The van der Waals surface area contributed by atoms with Gasteiger partial charge in [0.05, 0.1) is 5.69 Å². The summed E-state index contributed by atoms with van der Waals surface area (Å²) in [5, 5.41) is 0. The number of nitrogen functional groups attached to an aromatic ring is 1. The number of nitrogens with two attached hydrogens (primary N) is 1. The van der Waals surface area contributed by atoms with Crippen LogP contribution in [-0.4, -0.2) is 25.6 Å². The van der Waals surface area contributed by atoms with Gasteiger partial charge in [-0.1, -0.05) is 0 Å². The highest BCUT2D eigenvalue weighted by Crippen LogP contribution is 2.27. The number of benzene rings is 1. The van der Waals surface area contributed by atoms with Crippen LogP contribution >= 0.6 is 27.7 Å². The maximum absolute atomic E-state index is 5.68. The molecule has 1 aromatic carbocycles. The molecule has 0 aromatic heterocycles. The van der Waals surface area contributed by atoms with Crippen LogP contribution in [0.2, 0.25) is 0 Å². The molecule has 0 atom stereocenters. The van der Waals surface area contributed by atoms with Gasteiger partial charge in [-0.3, -0.25) is 0 Å². The summed E-state index contributed by atoms with van der Waals surface area (Å²) in [5.41, 5.74) is 7.65. The van der Waals surface area contributed by atoms with Crippen molar-refractivity contribution >= 4 is 39.1 Å². The summed E-state index contributed by atoms with van der Waals surface area (Å²) in [6, 6.07) is 5.90. The van der Waals surface area contributed by atoms with Crippen LogP contribution in [0.1, 0.15) is 0 Å². The summed E-state index contributed by atoms with van der Waals surface area (Å²) in [4.78, 5) is 2.22. The van der Waals surface area contributed by atoms with E-state index in [1.807, 2.05) is 30.0 Å². The molecule has 0 spiro atoms. The van der Waals surface area contributed by atoms with Gasteiger partial charge in [0.15, 0.2) is 0 Å². The van der Waals surface area contributed by atoms with Crippen molar-refractivity contribution in [2.24, 2.45) is 0 Å². The average molecular weight is 275 g/mol. The van der Waals surface area contributed by atoms with E-state index in [0.29, 0.717) is 0 Å². The molecule has 4 heteroatoms. The van der Waals surface area contributed by atoms with E-state index in [4.69, 9.17) is 5.73 Å². The molecule has 0 unspecified atom stereocenters. The molecule has 1 rings (SSSR count). The molecule has 0 saturated carbocycles. The van der Waals surface area contributed by atoms with E-state index < -0.39 is 0 Å². The van der Waals surface area contributed by atoms with Crippen LogP contribution in [0, 0.1) is 0 Å². The van der Waals surface area contributed by atoms with Crippen LogP contribution in [0.5, 0.6) is 0 Å². The van der Waals surface area contributed by atoms with Gasteiger partial charge in [0.25, 0.3) is 0 Å². The summed E-state index contributed by atoms with van der Waals surface area (Å²) in [6.45, 7) is 1.05. The Balaban J connectivity index is 2.74. The highest BCUT2D eigenvalue weighted by atomic mass is 79.9. The smallest absolute Gasteiger partial charge is 0.0509 e. The Kier molecular flexibility index (Phi) is 4.62. The number of hydrogen-bond acceptors (Lipinski definition) is 3. The maximum atomic E-state index is 5.68. The molecular formula is C10H15BrN2S. The largest absolute Gasteiger partial charge is 0.399 e. The third kappa shape index (κ3) is 3.10. The molecule has 0 aliphatic rings. The van der Waals surface area contributed by atoms with Crippen molar-refractivity contribution < 1.29 is 0 Å². The second-order valence-corrected chi connectivity index (χ2v) is 4.97. The van der Waals surface area contributed by atoms with Gasteiger partial charge in [0.1, 0.15) is 0 Å². The first-order valence-electron chi connectivity index (χ1n) is 4.40. The van der Waals surface area contributed by atoms with Crippen LogP contribution in [0.15, 0.2) is 22.7 Å². The van der Waals surface area contributed by atoms with Crippen LogP contribution in [0.25, 0.3) is 0 Å². The minimum atomic E-state index is 0.791. The van der Waals surface area contributed by atoms with Crippen LogP contribution < -0.4 is 10.6 Å². The first-order valence-corrected chi connectivity index (χ1v) is 6.59. The van der Waals surface area contributed by atoms with Gasteiger partial charge in [0.2, 0.25) is 0 Å². The maximum Gasteiger partial charge on any atom is 0.0509 e.